The van der Waals surface area contributed by atoms with E-state index in [2.05, 4.69) is 5.32 Å². The zero-order chi connectivity index (χ0) is 11.4. The Morgan fingerprint density at radius 2 is 2.20 bits per heavy atom. The molecule has 0 aromatic rings. The summed E-state index contributed by atoms with van der Waals surface area (Å²) in [6.45, 7) is 1.25. The third-order valence-corrected chi connectivity index (χ3v) is 2.57. The van der Waals surface area contributed by atoms with Gasteiger partial charge in [0, 0.05) is 33.2 Å². The molecule has 0 spiro atoms. The number of likely N-dealkylation sites (tertiary alicyclic amines) is 1. The van der Waals surface area contributed by atoms with Gasteiger partial charge in [0.25, 0.3) is 0 Å². The van der Waals surface area contributed by atoms with Gasteiger partial charge in [0.05, 0.1) is 0 Å². The molecule has 1 heterocycles. The van der Waals surface area contributed by atoms with Gasteiger partial charge in [-0.2, -0.15) is 0 Å². The molecule has 1 N–H and O–H groups in total. The van der Waals surface area contributed by atoms with Crippen molar-refractivity contribution in [3.63, 3.8) is 0 Å². The Morgan fingerprint density at radius 3 is 2.73 bits per heavy atom. The van der Waals surface area contributed by atoms with E-state index in [0.29, 0.717) is 13.1 Å². The minimum Gasteiger partial charge on any atom is -0.350 e. The molecular formula is C9H16ClN3O2. The molecule has 0 bridgehead atoms. The number of halogens is 1. The average molecular weight is 234 g/mol. The van der Waals surface area contributed by atoms with Gasteiger partial charge in [0.2, 0.25) is 5.91 Å². The van der Waals surface area contributed by atoms with Crippen LogP contribution in [0.25, 0.3) is 0 Å². The third-order valence-electron chi connectivity index (χ3n) is 2.33. The Hall–Kier alpha value is -0.970. The van der Waals surface area contributed by atoms with Crippen molar-refractivity contribution in [2.45, 2.75) is 12.5 Å². The molecule has 0 unspecified atom stereocenters. The van der Waals surface area contributed by atoms with Crippen molar-refractivity contribution in [1.29, 1.82) is 0 Å². The highest BCUT2D eigenvalue weighted by molar-refractivity contribution is 6.27. The van der Waals surface area contributed by atoms with Gasteiger partial charge in [0.15, 0.2) is 0 Å². The summed E-state index contributed by atoms with van der Waals surface area (Å²) in [7, 11) is 3.43. The van der Waals surface area contributed by atoms with Gasteiger partial charge in [-0.25, -0.2) is 4.79 Å². The molecule has 15 heavy (non-hydrogen) atoms. The lowest BCUT2D eigenvalue weighted by Gasteiger charge is -2.21. The zero-order valence-corrected chi connectivity index (χ0v) is 9.75. The van der Waals surface area contributed by atoms with Crippen LogP contribution in [0.2, 0.25) is 0 Å². The highest BCUT2D eigenvalue weighted by atomic mass is 35.5. The summed E-state index contributed by atoms with van der Waals surface area (Å²) >= 11 is 5.38. The summed E-state index contributed by atoms with van der Waals surface area (Å²) < 4.78 is 0. The molecule has 1 atom stereocenters. The first-order valence-corrected chi connectivity index (χ1v) is 5.39. The smallest absolute Gasteiger partial charge is 0.319 e. The predicted octanol–water partition coefficient (Wildman–Crippen LogP) is 0.0973. The van der Waals surface area contributed by atoms with Crippen molar-refractivity contribution >= 4 is 23.5 Å². The van der Waals surface area contributed by atoms with Crippen molar-refractivity contribution in [2.75, 3.05) is 33.1 Å². The first-order valence-electron chi connectivity index (χ1n) is 4.86. The number of hydrogen-bond acceptors (Lipinski definition) is 2. The van der Waals surface area contributed by atoms with Gasteiger partial charge in [-0.15, -0.1) is 11.6 Å². The summed E-state index contributed by atoms with van der Waals surface area (Å²) in [6.07, 6.45) is 0.794. The SMILES string of the molecule is CN(C)C(=O)N1CC[C@@H](NC(=O)CCl)C1. The summed E-state index contributed by atoms with van der Waals surface area (Å²) in [6, 6.07) is 0.0257. The van der Waals surface area contributed by atoms with Gasteiger partial charge in [-0.1, -0.05) is 0 Å². The lowest BCUT2D eigenvalue weighted by Crippen LogP contribution is -2.41. The lowest BCUT2D eigenvalue weighted by molar-refractivity contribution is -0.119. The number of urea groups is 1. The molecule has 1 saturated heterocycles. The van der Waals surface area contributed by atoms with E-state index in [9.17, 15) is 9.59 Å². The fourth-order valence-electron chi connectivity index (χ4n) is 1.60. The van der Waals surface area contributed by atoms with E-state index in [1.165, 1.54) is 4.90 Å². The number of nitrogens with zero attached hydrogens (tertiary/aromatic N) is 2. The molecule has 0 aromatic heterocycles. The van der Waals surface area contributed by atoms with Crippen LogP contribution in [0.15, 0.2) is 0 Å². The maximum Gasteiger partial charge on any atom is 0.319 e. The first-order chi connectivity index (χ1) is 7.04. The molecule has 86 valence electrons. The predicted molar refractivity (Wildman–Crippen MR) is 57.9 cm³/mol. The number of nitrogens with one attached hydrogen (secondary N) is 1. The van der Waals surface area contributed by atoms with Crippen LogP contribution in [0, 0.1) is 0 Å². The first kappa shape index (κ1) is 12.1. The van der Waals surface area contributed by atoms with Crippen LogP contribution in [0.1, 0.15) is 6.42 Å². The number of carbonyl (C=O) groups excluding carboxylic acids is 2. The van der Waals surface area contributed by atoms with E-state index in [1.54, 1.807) is 19.0 Å². The molecule has 0 aliphatic carbocycles. The Kier molecular flexibility index (Phi) is 4.20. The Bertz CT molecular complexity index is 258. The number of alkyl halides is 1. The van der Waals surface area contributed by atoms with Crippen LogP contribution in [-0.2, 0) is 4.79 Å². The van der Waals surface area contributed by atoms with Crippen LogP contribution in [-0.4, -0.2) is 60.8 Å². The maximum absolute atomic E-state index is 11.6. The molecule has 1 fully saturated rings. The Labute approximate surface area is 94.3 Å². The zero-order valence-electron chi connectivity index (χ0n) is 8.99. The van der Waals surface area contributed by atoms with E-state index in [1.807, 2.05) is 0 Å². The second-order valence-corrected chi connectivity index (χ2v) is 4.08. The second kappa shape index (κ2) is 5.21. The number of amides is 3. The maximum atomic E-state index is 11.6. The highest BCUT2D eigenvalue weighted by Crippen LogP contribution is 2.10. The average Bonchev–Trinajstić information content (AvgIpc) is 2.64. The molecule has 1 rings (SSSR count). The van der Waals surface area contributed by atoms with E-state index >= 15 is 0 Å². The summed E-state index contributed by atoms with van der Waals surface area (Å²) in [4.78, 5) is 25.8. The number of hydrogen-bond donors (Lipinski definition) is 1. The second-order valence-electron chi connectivity index (χ2n) is 3.81. The van der Waals surface area contributed by atoms with Gasteiger partial charge >= 0.3 is 6.03 Å². The standard InChI is InChI=1S/C9H16ClN3O2/c1-12(2)9(15)13-4-3-7(6-13)11-8(14)5-10/h7H,3-6H2,1-2H3,(H,11,14)/t7-/m1/s1. The van der Waals surface area contributed by atoms with Crippen LogP contribution >= 0.6 is 11.6 Å². The van der Waals surface area contributed by atoms with E-state index in [-0.39, 0.29) is 23.9 Å². The van der Waals surface area contributed by atoms with Crippen molar-refractivity contribution in [1.82, 2.24) is 15.1 Å². The third kappa shape index (κ3) is 3.27. The fourth-order valence-corrected chi connectivity index (χ4v) is 1.68. The minimum atomic E-state index is -0.180. The van der Waals surface area contributed by atoms with E-state index < -0.39 is 0 Å². The Balaban J connectivity index is 2.39. The quantitative estimate of drug-likeness (QED) is 0.688. The topological polar surface area (TPSA) is 52.7 Å². The van der Waals surface area contributed by atoms with Crippen LogP contribution in [0.5, 0.6) is 0 Å². The van der Waals surface area contributed by atoms with Gasteiger partial charge in [-0.3, -0.25) is 4.79 Å². The van der Waals surface area contributed by atoms with Crippen molar-refractivity contribution < 1.29 is 9.59 Å². The fraction of sp³-hybridized carbons (Fsp3) is 0.778. The van der Waals surface area contributed by atoms with Crippen molar-refractivity contribution in [3.8, 4) is 0 Å². The molecule has 1 aliphatic rings. The molecule has 0 aromatic carbocycles. The number of rotatable bonds is 2. The van der Waals surface area contributed by atoms with E-state index in [0.717, 1.165) is 6.42 Å². The largest absolute Gasteiger partial charge is 0.350 e. The summed E-state index contributed by atoms with van der Waals surface area (Å²) in [5.41, 5.74) is 0. The normalized spacial score (nSPS) is 20.2. The molecule has 5 nitrogen and oxygen atoms in total. The Morgan fingerprint density at radius 1 is 1.53 bits per heavy atom. The molecular weight excluding hydrogens is 218 g/mol. The summed E-state index contributed by atoms with van der Waals surface area (Å²) in [5, 5.41) is 2.77. The van der Waals surface area contributed by atoms with Crippen molar-refractivity contribution in [3.05, 3.63) is 0 Å². The van der Waals surface area contributed by atoms with Crippen molar-refractivity contribution in [2.24, 2.45) is 0 Å². The minimum absolute atomic E-state index is 0.0161. The van der Waals surface area contributed by atoms with Crippen LogP contribution in [0.3, 0.4) is 0 Å². The van der Waals surface area contributed by atoms with Gasteiger partial charge < -0.3 is 15.1 Å². The molecule has 3 amide bonds. The molecule has 0 radical (unpaired) electrons. The molecule has 0 saturated carbocycles. The van der Waals surface area contributed by atoms with Crippen LogP contribution in [0.4, 0.5) is 4.79 Å². The molecule has 1 aliphatic heterocycles. The molecule has 6 heteroatoms. The highest BCUT2D eigenvalue weighted by Gasteiger charge is 2.27. The van der Waals surface area contributed by atoms with Gasteiger partial charge in [-0.05, 0) is 6.42 Å². The van der Waals surface area contributed by atoms with Gasteiger partial charge in [0.1, 0.15) is 5.88 Å². The number of carbonyl (C=O) groups is 2. The van der Waals surface area contributed by atoms with E-state index in [4.69, 9.17) is 11.6 Å². The lowest BCUT2D eigenvalue weighted by atomic mass is 10.3. The van der Waals surface area contributed by atoms with Crippen LogP contribution < -0.4 is 5.32 Å². The monoisotopic (exact) mass is 233 g/mol. The summed E-state index contributed by atoms with van der Waals surface area (Å²) in [5.74, 6) is -0.209.